The Balaban J connectivity index is 2.00. The summed E-state index contributed by atoms with van der Waals surface area (Å²) < 4.78 is 0. The lowest BCUT2D eigenvalue weighted by atomic mass is 10.2. The number of nitrogens with one attached hydrogen (secondary N) is 1. The molecule has 1 fully saturated rings. The maximum atomic E-state index is 4.15. The third kappa shape index (κ3) is 2.66. The molecule has 1 unspecified atom stereocenters. The van der Waals surface area contributed by atoms with Gasteiger partial charge in [0.05, 0.1) is 0 Å². The fourth-order valence-electron chi connectivity index (χ4n) is 1.95. The summed E-state index contributed by atoms with van der Waals surface area (Å²) in [5.74, 6) is 0. The Morgan fingerprint density at radius 3 is 3.07 bits per heavy atom. The Hall–Kier alpha value is -0.680. The molecule has 1 aliphatic heterocycles. The van der Waals surface area contributed by atoms with Gasteiger partial charge in [0.15, 0.2) is 0 Å². The predicted octanol–water partition coefficient (Wildman–Crippen LogP) is 1.50. The van der Waals surface area contributed by atoms with Crippen molar-refractivity contribution in [3.63, 3.8) is 0 Å². The van der Waals surface area contributed by atoms with E-state index in [1.54, 1.807) is 16.8 Å². The van der Waals surface area contributed by atoms with Gasteiger partial charge in [0.2, 0.25) is 5.13 Å². The molecule has 1 aliphatic rings. The molecule has 0 radical (unpaired) electrons. The zero-order valence-corrected chi connectivity index (χ0v) is 10.1. The highest BCUT2D eigenvalue weighted by atomic mass is 32.1. The summed E-state index contributed by atoms with van der Waals surface area (Å²) in [4.78, 5) is 2.33. The van der Waals surface area contributed by atoms with E-state index >= 15 is 0 Å². The van der Waals surface area contributed by atoms with E-state index in [0.29, 0.717) is 12.1 Å². The SMILES string of the molecule is CC(C)N(CC1CCCN1)c1nncs1. The van der Waals surface area contributed by atoms with E-state index in [1.165, 1.54) is 12.8 Å². The van der Waals surface area contributed by atoms with Crippen molar-refractivity contribution in [1.82, 2.24) is 15.5 Å². The van der Waals surface area contributed by atoms with Gasteiger partial charge in [-0.1, -0.05) is 11.3 Å². The summed E-state index contributed by atoms with van der Waals surface area (Å²) in [6.07, 6.45) is 2.58. The van der Waals surface area contributed by atoms with Crippen molar-refractivity contribution in [2.45, 2.75) is 38.8 Å². The quantitative estimate of drug-likeness (QED) is 0.845. The van der Waals surface area contributed by atoms with Crippen LogP contribution in [0.5, 0.6) is 0 Å². The summed E-state index contributed by atoms with van der Waals surface area (Å²) in [6.45, 7) is 6.62. The number of hydrogen-bond acceptors (Lipinski definition) is 5. The first-order valence-electron chi connectivity index (χ1n) is 5.53. The molecule has 0 bridgehead atoms. The van der Waals surface area contributed by atoms with E-state index in [2.05, 4.69) is 34.3 Å². The molecule has 4 nitrogen and oxygen atoms in total. The van der Waals surface area contributed by atoms with Crippen LogP contribution in [0.15, 0.2) is 5.51 Å². The van der Waals surface area contributed by atoms with Crippen molar-refractivity contribution in [3.8, 4) is 0 Å². The lowest BCUT2D eigenvalue weighted by Crippen LogP contribution is -2.41. The van der Waals surface area contributed by atoms with Crippen LogP contribution in [-0.4, -0.2) is 35.4 Å². The molecule has 84 valence electrons. The van der Waals surface area contributed by atoms with Crippen LogP contribution in [0.25, 0.3) is 0 Å². The standard InChI is InChI=1S/C10H18N4S/c1-8(2)14(10-13-12-7-15-10)6-9-4-3-5-11-9/h7-9,11H,3-6H2,1-2H3. The van der Waals surface area contributed by atoms with Crippen molar-refractivity contribution in [2.75, 3.05) is 18.0 Å². The number of rotatable bonds is 4. The van der Waals surface area contributed by atoms with Crippen LogP contribution in [0, 0.1) is 0 Å². The normalized spacial score (nSPS) is 21.1. The molecular weight excluding hydrogens is 208 g/mol. The fourth-order valence-corrected chi connectivity index (χ4v) is 2.66. The molecule has 1 aromatic rings. The number of hydrogen-bond donors (Lipinski definition) is 1. The third-order valence-corrected chi connectivity index (χ3v) is 3.52. The average molecular weight is 226 g/mol. The molecule has 1 aromatic heterocycles. The number of anilines is 1. The number of aromatic nitrogens is 2. The third-order valence-electron chi connectivity index (χ3n) is 2.80. The van der Waals surface area contributed by atoms with Gasteiger partial charge in [-0.25, -0.2) is 0 Å². The van der Waals surface area contributed by atoms with Gasteiger partial charge < -0.3 is 10.2 Å². The van der Waals surface area contributed by atoms with Crippen LogP contribution >= 0.6 is 11.3 Å². The molecule has 0 saturated carbocycles. The van der Waals surface area contributed by atoms with Crippen molar-refractivity contribution in [2.24, 2.45) is 0 Å². The molecule has 1 saturated heterocycles. The van der Waals surface area contributed by atoms with E-state index in [0.717, 1.165) is 18.2 Å². The minimum Gasteiger partial charge on any atom is -0.343 e. The lowest BCUT2D eigenvalue weighted by Gasteiger charge is -2.28. The Morgan fingerprint density at radius 1 is 1.67 bits per heavy atom. The molecule has 0 aromatic carbocycles. The molecule has 0 amide bonds. The Bertz CT molecular complexity index is 280. The van der Waals surface area contributed by atoms with Crippen molar-refractivity contribution in [1.29, 1.82) is 0 Å². The van der Waals surface area contributed by atoms with E-state index in [4.69, 9.17) is 0 Å². The van der Waals surface area contributed by atoms with Crippen molar-refractivity contribution >= 4 is 16.5 Å². The zero-order valence-electron chi connectivity index (χ0n) is 9.31. The zero-order chi connectivity index (χ0) is 10.7. The summed E-state index contributed by atoms with van der Waals surface area (Å²) in [5, 5.41) is 12.6. The van der Waals surface area contributed by atoms with Crippen LogP contribution in [0.4, 0.5) is 5.13 Å². The summed E-state index contributed by atoms with van der Waals surface area (Å²) >= 11 is 1.62. The highest BCUT2D eigenvalue weighted by Crippen LogP contribution is 2.20. The minimum atomic E-state index is 0.486. The molecule has 2 heterocycles. The molecule has 2 rings (SSSR count). The Labute approximate surface area is 94.7 Å². The van der Waals surface area contributed by atoms with Gasteiger partial charge in [-0.05, 0) is 33.2 Å². The fraction of sp³-hybridized carbons (Fsp3) is 0.800. The van der Waals surface area contributed by atoms with Crippen LogP contribution in [-0.2, 0) is 0 Å². The number of nitrogens with zero attached hydrogens (tertiary/aromatic N) is 3. The van der Waals surface area contributed by atoms with E-state index in [9.17, 15) is 0 Å². The summed E-state index contributed by atoms with van der Waals surface area (Å²) in [5.41, 5.74) is 1.80. The monoisotopic (exact) mass is 226 g/mol. The smallest absolute Gasteiger partial charge is 0.208 e. The van der Waals surface area contributed by atoms with E-state index in [-0.39, 0.29) is 0 Å². The van der Waals surface area contributed by atoms with Gasteiger partial charge in [-0.15, -0.1) is 10.2 Å². The summed E-state index contributed by atoms with van der Waals surface area (Å²) in [7, 11) is 0. The minimum absolute atomic E-state index is 0.486. The molecule has 1 N–H and O–H groups in total. The second-order valence-corrected chi connectivity index (χ2v) is 5.07. The van der Waals surface area contributed by atoms with Gasteiger partial charge in [0.1, 0.15) is 5.51 Å². The maximum absolute atomic E-state index is 4.15. The summed E-state index contributed by atoms with van der Waals surface area (Å²) in [6, 6.07) is 1.11. The second-order valence-electron chi connectivity index (χ2n) is 4.26. The topological polar surface area (TPSA) is 41.0 Å². The second kappa shape index (κ2) is 4.90. The highest BCUT2D eigenvalue weighted by molar-refractivity contribution is 7.13. The van der Waals surface area contributed by atoms with Crippen LogP contribution in [0.2, 0.25) is 0 Å². The Morgan fingerprint density at radius 2 is 2.53 bits per heavy atom. The molecule has 0 aliphatic carbocycles. The van der Waals surface area contributed by atoms with Gasteiger partial charge in [-0.2, -0.15) is 0 Å². The van der Waals surface area contributed by atoms with Crippen LogP contribution in [0.3, 0.4) is 0 Å². The van der Waals surface area contributed by atoms with E-state index in [1.807, 2.05) is 0 Å². The molecule has 0 spiro atoms. The molecule has 1 atom stereocenters. The molecular formula is C10H18N4S. The Kier molecular flexibility index (Phi) is 3.53. The first kappa shape index (κ1) is 10.8. The largest absolute Gasteiger partial charge is 0.343 e. The van der Waals surface area contributed by atoms with E-state index < -0.39 is 0 Å². The van der Waals surface area contributed by atoms with Gasteiger partial charge in [-0.3, -0.25) is 0 Å². The molecule has 15 heavy (non-hydrogen) atoms. The van der Waals surface area contributed by atoms with Gasteiger partial charge >= 0.3 is 0 Å². The van der Waals surface area contributed by atoms with Gasteiger partial charge in [0.25, 0.3) is 0 Å². The predicted molar refractivity (Wildman–Crippen MR) is 63.4 cm³/mol. The maximum Gasteiger partial charge on any atom is 0.208 e. The van der Waals surface area contributed by atoms with Gasteiger partial charge in [0, 0.05) is 18.6 Å². The highest BCUT2D eigenvalue weighted by Gasteiger charge is 2.21. The lowest BCUT2D eigenvalue weighted by molar-refractivity contribution is 0.551. The first-order chi connectivity index (χ1) is 7.27. The van der Waals surface area contributed by atoms with Crippen LogP contribution < -0.4 is 10.2 Å². The van der Waals surface area contributed by atoms with Crippen molar-refractivity contribution < 1.29 is 0 Å². The molecule has 5 heteroatoms. The average Bonchev–Trinajstić information content (AvgIpc) is 2.87. The first-order valence-corrected chi connectivity index (χ1v) is 6.41. The van der Waals surface area contributed by atoms with Crippen molar-refractivity contribution in [3.05, 3.63) is 5.51 Å². The van der Waals surface area contributed by atoms with Crippen LogP contribution in [0.1, 0.15) is 26.7 Å².